The van der Waals surface area contributed by atoms with Gasteiger partial charge in [0.2, 0.25) is 5.91 Å². The Morgan fingerprint density at radius 2 is 1.90 bits per heavy atom. The quantitative estimate of drug-likeness (QED) is 0.428. The van der Waals surface area contributed by atoms with E-state index in [2.05, 4.69) is 15.0 Å². The van der Waals surface area contributed by atoms with E-state index >= 15 is 0 Å². The van der Waals surface area contributed by atoms with Crippen molar-refractivity contribution >= 4 is 34.5 Å². The first-order valence-corrected chi connectivity index (χ1v) is 9.60. The molecule has 8 heteroatoms. The second-order valence-corrected chi connectivity index (χ2v) is 6.81. The molecule has 0 aliphatic carbocycles. The fourth-order valence-electron chi connectivity index (χ4n) is 2.85. The van der Waals surface area contributed by atoms with Gasteiger partial charge in [0.15, 0.2) is 0 Å². The fraction of sp³-hybridized carbons (Fsp3) is 0.286. The molecule has 0 bridgehead atoms. The lowest BCUT2D eigenvalue weighted by molar-refractivity contribution is -0.140. The minimum atomic E-state index is -0.290. The van der Waals surface area contributed by atoms with Crippen LogP contribution in [-0.2, 0) is 27.5 Å². The molecule has 0 spiro atoms. The molecule has 0 saturated heterocycles. The maximum absolute atomic E-state index is 12.4. The van der Waals surface area contributed by atoms with Crippen LogP contribution in [0.25, 0.3) is 11.0 Å². The lowest BCUT2D eigenvalue weighted by Crippen LogP contribution is -2.29. The monoisotopic (exact) mass is 415 g/mol. The van der Waals surface area contributed by atoms with Gasteiger partial charge in [0, 0.05) is 18.0 Å². The van der Waals surface area contributed by atoms with E-state index in [0.29, 0.717) is 29.6 Å². The molecule has 1 aromatic heterocycles. The molecule has 152 valence electrons. The number of nitrogens with one attached hydrogen (secondary N) is 1. The molecule has 3 rings (SSSR count). The van der Waals surface area contributed by atoms with Crippen LogP contribution in [0.3, 0.4) is 0 Å². The molecule has 0 unspecified atom stereocenters. The average molecular weight is 416 g/mol. The molecule has 0 atom stereocenters. The fourth-order valence-corrected chi connectivity index (χ4v) is 2.98. The first kappa shape index (κ1) is 20.7. The molecular weight excluding hydrogens is 394 g/mol. The molecule has 1 heterocycles. The summed E-state index contributed by atoms with van der Waals surface area (Å²) in [6.45, 7) is 0.723. The zero-order valence-corrected chi connectivity index (χ0v) is 16.8. The van der Waals surface area contributed by atoms with Crippen molar-refractivity contribution in [3.63, 3.8) is 0 Å². The highest BCUT2D eigenvalue weighted by atomic mass is 35.5. The molecule has 0 aliphatic heterocycles. The summed E-state index contributed by atoms with van der Waals surface area (Å²) in [7, 11) is 1.35. The number of amides is 1. The number of hydrogen-bond donors (Lipinski definition) is 1. The van der Waals surface area contributed by atoms with Crippen LogP contribution in [0.1, 0.15) is 18.7 Å². The van der Waals surface area contributed by atoms with E-state index in [1.54, 1.807) is 24.3 Å². The minimum absolute atomic E-state index is 0.109. The number of methoxy groups -OCH3 is 1. The van der Waals surface area contributed by atoms with Gasteiger partial charge < -0.3 is 19.4 Å². The van der Waals surface area contributed by atoms with Crippen LogP contribution in [0.5, 0.6) is 5.75 Å². The third-order valence-electron chi connectivity index (χ3n) is 4.32. The van der Waals surface area contributed by atoms with E-state index < -0.39 is 0 Å². The summed E-state index contributed by atoms with van der Waals surface area (Å²) in [5, 5.41) is 3.45. The molecular formula is C21H22ClN3O4. The van der Waals surface area contributed by atoms with Gasteiger partial charge in [-0.15, -0.1) is 0 Å². The smallest absolute Gasteiger partial charge is 0.305 e. The third-order valence-corrected chi connectivity index (χ3v) is 4.58. The predicted octanol–water partition coefficient (Wildman–Crippen LogP) is 3.34. The number of benzene rings is 2. The molecule has 1 N–H and O–H groups in total. The van der Waals surface area contributed by atoms with Crippen molar-refractivity contribution < 1.29 is 19.1 Å². The SMILES string of the molecule is COC(=O)CCCNC(=O)Cn1c(COc2ccc(Cl)cc2)nc2ccccc21. The Labute approximate surface area is 173 Å². The summed E-state index contributed by atoms with van der Waals surface area (Å²) in [6.07, 6.45) is 0.792. The number of carbonyl (C=O) groups is 2. The normalized spacial score (nSPS) is 10.7. The number of nitrogens with zero attached hydrogens (tertiary/aromatic N) is 2. The molecule has 0 radical (unpaired) electrons. The van der Waals surface area contributed by atoms with Crippen molar-refractivity contribution in [2.24, 2.45) is 0 Å². The Kier molecular flexibility index (Phi) is 7.08. The van der Waals surface area contributed by atoms with Gasteiger partial charge in [0.25, 0.3) is 0 Å². The predicted molar refractivity (Wildman–Crippen MR) is 110 cm³/mol. The van der Waals surface area contributed by atoms with Crippen LogP contribution in [0.15, 0.2) is 48.5 Å². The summed E-state index contributed by atoms with van der Waals surface area (Å²) in [5.74, 6) is 0.860. The van der Waals surface area contributed by atoms with E-state index in [9.17, 15) is 9.59 Å². The van der Waals surface area contributed by atoms with Crippen LogP contribution in [-0.4, -0.2) is 35.1 Å². The maximum atomic E-state index is 12.4. The molecule has 2 aromatic carbocycles. The topological polar surface area (TPSA) is 82.5 Å². The van der Waals surface area contributed by atoms with Crippen molar-refractivity contribution in [3.05, 3.63) is 59.4 Å². The zero-order chi connectivity index (χ0) is 20.6. The number of ether oxygens (including phenoxy) is 2. The second kappa shape index (κ2) is 9.93. The van der Waals surface area contributed by atoms with E-state index in [0.717, 1.165) is 11.0 Å². The molecule has 7 nitrogen and oxygen atoms in total. The van der Waals surface area contributed by atoms with Crippen molar-refractivity contribution in [3.8, 4) is 5.75 Å². The molecule has 1 amide bonds. The number of imidazole rings is 1. The highest BCUT2D eigenvalue weighted by Gasteiger charge is 2.14. The highest BCUT2D eigenvalue weighted by molar-refractivity contribution is 6.30. The van der Waals surface area contributed by atoms with Gasteiger partial charge in [-0.05, 0) is 42.8 Å². The number of para-hydroxylation sites is 2. The molecule has 3 aromatic rings. The first-order valence-electron chi connectivity index (χ1n) is 9.23. The van der Waals surface area contributed by atoms with Crippen LogP contribution < -0.4 is 10.1 Å². The first-order chi connectivity index (χ1) is 14.1. The molecule has 29 heavy (non-hydrogen) atoms. The van der Waals surface area contributed by atoms with Gasteiger partial charge in [-0.2, -0.15) is 0 Å². The number of esters is 1. The minimum Gasteiger partial charge on any atom is -0.486 e. The Morgan fingerprint density at radius 3 is 2.66 bits per heavy atom. The Hall–Kier alpha value is -3.06. The van der Waals surface area contributed by atoms with Crippen molar-refractivity contribution in [2.75, 3.05) is 13.7 Å². The van der Waals surface area contributed by atoms with Crippen molar-refractivity contribution in [1.29, 1.82) is 0 Å². The van der Waals surface area contributed by atoms with Gasteiger partial charge in [-0.25, -0.2) is 4.98 Å². The van der Waals surface area contributed by atoms with E-state index in [4.69, 9.17) is 16.3 Å². The van der Waals surface area contributed by atoms with Crippen LogP contribution in [0, 0.1) is 0 Å². The van der Waals surface area contributed by atoms with Crippen LogP contribution >= 0.6 is 11.6 Å². The van der Waals surface area contributed by atoms with Gasteiger partial charge in [-0.3, -0.25) is 9.59 Å². The Bertz CT molecular complexity index is 985. The maximum Gasteiger partial charge on any atom is 0.305 e. The molecule has 0 aliphatic rings. The van der Waals surface area contributed by atoms with E-state index in [-0.39, 0.29) is 31.4 Å². The van der Waals surface area contributed by atoms with Gasteiger partial charge in [0.05, 0.1) is 18.1 Å². The highest BCUT2D eigenvalue weighted by Crippen LogP contribution is 2.20. The second-order valence-electron chi connectivity index (χ2n) is 6.38. The van der Waals surface area contributed by atoms with E-state index in [1.165, 1.54) is 7.11 Å². The number of halogens is 1. The third kappa shape index (κ3) is 5.71. The van der Waals surface area contributed by atoms with Crippen molar-refractivity contribution in [1.82, 2.24) is 14.9 Å². The van der Waals surface area contributed by atoms with Crippen LogP contribution in [0.4, 0.5) is 0 Å². The Morgan fingerprint density at radius 1 is 1.14 bits per heavy atom. The average Bonchev–Trinajstić information content (AvgIpc) is 3.08. The zero-order valence-electron chi connectivity index (χ0n) is 16.1. The number of rotatable bonds is 9. The standard InChI is InChI=1S/C21H22ClN3O4/c1-28-21(27)7-4-12-23-20(26)13-25-18-6-3-2-5-17(18)24-19(25)14-29-16-10-8-15(22)9-11-16/h2-3,5-6,8-11H,4,7,12-14H2,1H3,(H,23,26). The Balaban J connectivity index is 1.67. The number of fused-ring (bicyclic) bond motifs is 1. The summed E-state index contributed by atoms with van der Waals surface area (Å²) in [5.41, 5.74) is 1.65. The van der Waals surface area contributed by atoms with E-state index in [1.807, 2.05) is 28.8 Å². The van der Waals surface area contributed by atoms with Crippen LogP contribution in [0.2, 0.25) is 5.02 Å². The lowest BCUT2D eigenvalue weighted by atomic mass is 10.3. The number of carbonyl (C=O) groups excluding carboxylic acids is 2. The lowest BCUT2D eigenvalue weighted by Gasteiger charge is -2.11. The number of hydrogen-bond acceptors (Lipinski definition) is 5. The summed E-state index contributed by atoms with van der Waals surface area (Å²) in [6, 6.07) is 14.7. The van der Waals surface area contributed by atoms with Gasteiger partial charge in [-0.1, -0.05) is 23.7 Å². The molecule has 0 fully saturated rings. The summed E-state index contributed by atoms with van der Waals surface area (Å²) < 4.78 is 12.2. The van der Waals surface area contributed by atoms with Crippen molar-refractivity contribution in [2.45, 2.75) is 26.0 Å². The van der Waals surface area contributed by atoms with Gasteiger partial charge in [0.1, 0.15) is 24.7 Å². The van der Waals surface area contributed by atoms with Gasteiger partial charge >= 0.3 is 5.97 Å². The summed E-state index contributed by atoms with van der Waals surface area (Å²) in [4.78, 5) is 28.1. The largest absolute Gasteiger partial charge is 0.486 e. The summed E-state index contributed by atoms with van der Waals surface area (Å²) >= 11 is 5.90. The molecule has 0 saturated carbocycles. The number of aromatic nitrogens is 2.